The van der Waals surface area contributed by atoms with Crippen molar-refractivity contribution in [1.82, 2.24) is 0 Å². The predicted octanol–water partition coefficient (Wildman–Crippen LogP) is 5.93. The molecule has 0 unspecified atom stereocenters. The van der Waals surface area contributed by atoms with Crippen LogP contribution >= 0.6 is 0 Å². The van der Waals surface area contributed by atoms with E-state index in [1.54, 1.807) is 0 Å². The van der Waals surface area contributed by atoms with E-state index in [0.29, 0.717) is 14.5 Å². The zero-order valence-electron chi connectivity index (χ0n) is 14.2. The number of allylic oxidation sites excluding steroid dienone is 2. The average Bonchev–Trinajstić information content (AvgIpc) is 3.13. The summed E-state index contributed by atoms with van der Waals surface area (Å²) in [5, 5.41) is 0. The van der Waals surface area contributed by atoms with Gasteiger partial charge in [0.1, 0.15) is 0 Å². The third-order valence-corrected chi connectivity index (χ3v) is 7.06. The van der Waals surface area contributed by atoms with Crippen LogP contribution in [-0.4, -0.2) is 14.5 Å². The Balaban J connectivity index is 1.77. The van der Waals surface area contributed by atoms with Crippen LogP contribution in [0, 0.1) is 11.8 Å². The molecule has 122 valence electrons. The zero-order chi connectivity index (χ0) is 16.9. The summed E-state index contributed by atoms with van der Waals surface area (Å²) in [4.78, 5) is 0. The van der Waals surface area contributed by atoms with Gasteiger partial charge < -0.3 is 0 Å². The third kappa shape index (κ3) is 3.88. The van der Waals surface area contributed by atoms with Gasteiger partial charge in [0.2, 0.25) is 0 Å². The van der Waals surface area contributed by atoms with Crippen molar-refractivity contribution >= 4 is 14.5 Å². The molecule has 0 fully saturated rings. The first-order valence-electron chi connectivity index (χ1n) is 8.86. The first-order valence-corrected chi connectivity index (χ1v) is 10.6. The summed E-state index contributed by atoms with van der Waals surface area (Å²) >= 11 is 0.299. The minimum absolute atomic E-state index is 0.299. The molecule has 0 atom stereocenters. The van der Waals surface area contributed by atoms with E-state index in [9.17, 15) is 0 Å². The van der Waals surface area contributed by atoms with E-state index >= 15 is 0 Å². The number of hydrogen-bond donors (Lipinski definition) is 0. The molecule has 0 saturated carbocycles. The molecule has 1 aromatic heterocycles. The topological polar surface area (TPSA) is 0 Å². The van der Waals surface area contributed by atoms with E-state index < -0.39 is 0 Å². The van der Waals surface area contributed by atoms with Gasteiger partial charge in [-0.2, -0.15) is 0 Å². The molecule has 1 aliphatic rings. The Morgan fingerprint density at radius 2 is 1.48 bits per heavy atom. The summed E-state index contributed by atoms with van der Waals surface area (Å²) in [7, 11) is 0. The van der Waals surface area contributed by atoms with Gasteiger partial charge in [0.15, 0.2) is 0 Å². The van der Waals surface area contributed by atoms with Gasteiger partial charge in [-0.25, -0.2) is 0 Å². The summed E-state index contributed by atoms with van der Waals surface area (Å²) in [6.45, 7) is 0. The second kappa shape index (κ2) is 7.75. The second-order valence-corrected chi connectivity index (χ2v) is 8.52. The molecule has 0 nitrogen and oxygen atoms in total. The molecule has 2 aromatic carbocycles. The Bertz CT molecular complexity index is 934. The van der Waals surface area contributed by atoms with Crippen LogP contribution in [0.1, 0.15) is 31.2 Å². The summed E-state index contributed by atoms with van der Waals surface area (Å²) in [6.07, 6.45) is 7.23. The molecular formula is C24H20Se. The molecule has 4 rings (SSSR count). The molecule has 0 amide bonds. The average molecular weight is 387 g/mol. The molecule has 1 heteroatoms. The van der Waals surface area contributed by atoms with Crippen LogP contribution in [-0.2, 0) is 0 Å². The van der Waals surface area contributed by atoms with E-state index in [1.165, 1.54) is 50.4 Å². The third-order valence-electron chi connectivity index (χ3n) is 4.48. The van der Waals surface area contributed by atoms with Crippen LogP contribution < -0.4 is 0 Å². The predicted molar refractivity (Wildman–Crippen MR) is 108 cm³/mol. The number of benzene rings is 2. The van der Waals surface area contributed by atoms with Crippen molar-refractivity contribution in [2.45, 2.75) is 25.7 Å². The fourth-order valence-corrected chi connectivity index (χ4v) is 5.49. The fraction of sp³-hybridized carbons (Fsp3) is 0.167. The summed E-state index contributed by atoms with van der Waals surface area (Å²) in [5.41, 5.74) is 5.16. The summed E-state index contributed by atoms with van der Waals surface area (Å²) < 4.78 is 2.84. The molecule has 0 radical (unpaired) electrons. The number of rotatable bonds is 2. The second-order valence-electron chi connectivity index (χ2n) is 6.31. The Morgan fingerprint density at radius 3 is 2.16 bits per heavy atom. The molecule has 1 aliphatic carbocycles. The van der Waals surface area contributed by atoms with Gasteiger partial charge in [0.25, 0.3) is 0 Å². The molecule has 0 saturated heterocycles. The SMILES string of the molecule is C(#Cc1cc(-c2ccccc2)[se]c1-c1ccccc1)C1=CCCCC1. The standard InChI is InChI=1S/C24H20Se/c1-4-10-19(11-5-1)16-17-22-18-23(20-12-6-2-7-13-20)25-24(22)21-14-8-3-9-15-21/h2-3,6-10,12-15,18H,1,4-5,11H2. The quantitative estimate of drug-likeness (QED) is 0.378. The van der Waals surface area contributed by atoms with Gasteiger partial charge in [-0.15, -0.1) is 0 Å². The molecule has 0 N–H and O–H groups in total. The molecule has 0 bridgehead atoms. The van der Waals surface area contributed by atoms with Crippen LogP contribution in [0.3, 0.4) is 0 Å². The van der Waals surface area contributed by atoms with Crippen LogP contribution in [0.2, 0.25) is 0 Å². The summed E-state index contributed by atoms with van der Waals surface area (Å²) in [6, 6.07) is 23.8. The van der Waals surface area contributed by atoms with E-state index in [1.807, 2.05) is 0 Å². The Labute approximate surface area is 156 Å². The van der Waals surface area contributed by atoms with Crippen LogP contribution in [0.4, 0.5) is 0 Å². The molecule has 3 aromatic rings. The minimum atomic E-state index is 0.299. The Kier molecular flexibility index (Phi) is 5.03. The molecule has 25 heavy (non-hydrogen) atoms. The van der Waals surface area contributed by atoms with Crippen molar-refractivity contribution in [1.29, 1.82) is 0 Å². The molecule has 1 heterocycles. The van der Waals surface area contributed by atoms with Crippen LogP contribution in [0.5, 0.6) is 0 Å². The van der Waals surface area contributed by atoms with Crippen molar-refractivity contribution in [3.8, 4) is 31.8 Å². The van der Waals surface area contributed by atoms with E-state index in [2.05, 4.69) is 84.6 Å². The maximum absolute atomic E-state index is 3.50. The zero-order valence-corrected chi connectivity index (χ0v) is 15.9. The molecule has 0 aliphatic heterocycles. The van der Waals surface area contributed by atoms with Crippen molar-refractivity contribution in [3.63, 3.8) is 0 Å². The first-order chi connectivity index (χ1) is 12.4. The molecular weight excluding hydrogens is 367 g/mol. The van der Waals surface area contributed by atoms with E-state index in [4.69, 9.17) is 0 Å². The van der Waals surface area contributed by atoms with E-state index in [0.717, 1.165) is 6.42 Å². The molecule has 0 spiro atoms. The fourth-order valence-electron chi connectivity index (χ4n) is 3.13. The Morgan fingerprint density at radius 1 is 0.760 bits per heavy atom. The first kappa shape index (κ1) is 16.2. The van der Waals surface area contributed by atoms with Gasteiger partial charge in [0, 0.05) is 0 Å². The maximum atomic E-state index is 3.50. The van der Waals surface area contributed by atoms with Gasteiger partial charge in [-0.05, 0) is 0 Å². The monoisotopic (exact) mass is 388 g/mol. The van der Waals surface area contributed by atoms with Crippen molar-refractivity contribution < 1.29 is 0 Å². The van der Waals surface area contributed by atoms with Crippen molar-refractivity contribution in [3.05, 3.63) is 83.9 Å². The van der Waals surface area contributed by atoms with Crippen LogP contribution in [0.25, 0.3) is 20.0 Å². The Hall–Kier alpha value is -2.26. The number of hydrogen-bond acceptors (Lipinski definition) is 0. The van der Waals surface area contributed by atoms with Crippen molar-refractivity contribution in [2.75, 3.05) is 0 Å². The normalized spacial score (nSPS) is 13.7. The van der Waals surface area contributed by atoms with E-state index in [-0.39, 0.29) is 0 Å². The van der Waals surface area contributed by atoms with Gasteiger partial charge >= 0.3 is 156 Å². The van der Waals surface area contributed by atoms with Crippen molar-refractivity contribution in [2.24, 2.45) is 0 Å². The summed E-state index contributed by atoms with van der Waals surface area (Å²) in [5.74, 6) is 6.95. The van der Waals surface area contributed by atoms with Gasteiger partial charge in [-0.3, -0.25) is 0 Å². The van der Waals surface area contributed by atoms with Gasteiger partial charge in [-0.1, -0.05) is 0 Å². The van der Waals surface area contributed by atoms with Gasteiger partial charge in [0.05, 0.1) is 0 Å². The van der Waals surface area contributed by atoms with Crippen LogP contribution in [0.15, 0.2) is 78.4 Å².